The highest BCUT2D eigenvalue weighted by atomic mass is 32.2. The van der Waals surface area contributed by atoms with Crippen molar-refractivity contribution in [3.05, 3.63) is 42.5 Å². The molecule has 26 heavy (non-hydrogen) atoms. The molecule has 3 aromatic heterocycles. The van der Waals surface area contributed by atoms with E-state index in [1.807, 2.05) is 13.0 Å². The second-order valence-electron chi connectivity index (χ2n) is 6.33. The quantitative estimate of drug-likeness (QED) is 0.689. The van der Waals surface area contributed by atoms with Crippen LogP contribution in [-0.4, -0.2) is 51.7 Å². The van der Waals surface area contributed by atoms with Crippen LogP contribution in [0.3, 0.4) is 0 Å². The fourth-order valence-electron chi connectivity index (χ4n) is 3.20. The Morgan fingerprint density at radius 2 is 2.15 bits per heavy atom. The Morgan fingerprint density at radius 1 is 1.31 bits per heavy atom. The molecule has 0 aliphatic carbocycles. The molecule has 0 saturated carbocycles. The van der Waals surface area contributed by atoms with Gasteiger partial charge in [0.15, 0.2) is 5.65 Å². The van der Waals surface area contributed by atoms with Crippen LogP contribution < -0.4 is 4.74 Å². The second-order valence-corrected chi connectivity index (χ2v) is 8.27. The number of aromatic nitrogens is 4. The molecule has 0 spiro atoms. The van der Waals surface area contributed by atoms with Crippen molar-refractivity contribution in [1.29, 1.82) is 0 Å². The van der Waals surface area contributed by atoms with Gasteiger partial charge in [0, 0.05) is 31.4 Å². The predicted octanol–water partition coefficient (Wildman–Crippen LogP) is 1.51. The number of hydrogen-bond acceptors (Lipinski definition) is 6. The SMILES string of the molecule is Cc1nn(C)c2ncc(S(=O)(=O)N3CC[C@@H](Oc4cccnc4)C3)cc12. The van der Waals surface area contributed by atoms with Gasteiger partial charge in [0.25, 0.3) is 0 Å². The van der Waals surface area contributed by atoms with Crippen LogP contribution in [-0.2, 0) is 17.1 Å². The molecule has 136 valence electrons. The summed E-state index contributed by atoms with van der Waals surface area (Å²) in [6, 6.07) is 5.25. The summed E-state index contributed by atoms with van der Waals surface area (Å²) in [6.07, 6.45) is 5.14. The van der Waals surface area contributed by atoms with Crippen LogP contribution in [0.2, 0.25) is 0 Å². The molecule has 4 rings (SSSR count). The van der Waals surface area contributed by atoms with Crippen LogP contribution in [0.1, 0.15) is 12.1 Å². The molecule has 0 amide bonds. The van der Waals surface area contributed by atoms with Gasteiger partial charge in [-0.05, 0) is 31.5 Å². The van der Waals surface area contributed by atoms with Crippen LogP contribution in [0.15, 0.2) is 41.7 Å². The second kappa shape index (κ2) is 6.33. The lowest BCUT2D eigenvalue weighted by Crippen LogP contribution is -2.31. The molecule has 0 bridgehead atoms. The number of rotatable bonds is 4. The van der Waals surface area contributed by atoms with Crippen molar-refractivity contribution in [2.45, 2.75) is 24.3 Å². The van der Waals surface area contributed by atoms with Gasteiger partial charge in [0.05, 0.1) is 18.4 Å². The first-order chi connectivity index (χ1) is 12.4. The lowest BCUT2D eigenvalue weighted by Gasteiger charge is -2.17. The maximum atomic E-state index is 13.0. The number of aryl methyl sites for hydroxylation is 2. The smallest absolute Gasteiger partial charge is 0.244 e. The van der Waals surface area contributed by atoms with Crippen LogP contribution in [0.4, 0.5) is 0 Å². The number of fused-ring (bicyclic) bond motifs is 1. The summed E-state index contributed by atoms with van der Waals surface area (Å²) < 4.78 is 34.9. The largest absolute Gasteiger partial charge is 0.487 e. The highest BCUT2D eigenvalue weighted by Gasteiger charge is 2.34. The Bertz CT molecular complexity index is 1050. The molecule has 0 radical (unpaired) electrons. The molecule has 1 atom stereocenters. The van der Waals surface area contributed by atoms with Crippen molar-refractivity contribution in [2.75, 3.05) is 13.1 Å². The minimum atomic E-state index is -3.62. The van der Waals surface area contributed by atoms with E-state index in [0.29, 0.717) is 30.9 Å². The van der Waals surface area contributed by atoms with E-state index in [1.165, 1.54) is 10.5 Å². The highest BCUT2D eigenvalue weighted by molar-refractivity contribution is 7.89. The fraction of sp³-hybridized carbons (Fsp3) is 0.353. The summed E-state index contributed by atoms with van der Waals surface area (Å²) in [5, 5.41) is 5.04. The Balaban J connectivity index is 1.56. The van der Waals surface area contributed by atoms with Gasteiger partial charge in [0.1, 0.15) is 16.7 Å². The number of pyridine rings is 2. The van der Waals surface area contributed by atoms with Crippen molar-refractivity contribution >= 4 is 21.1 Å². The van der Waals surface area contributed by atoms with Crippen molar-refractivity contribution < 1.29 is 13.2 Å². The summed E-state index contributed by atoms with van der Waals surface area (Å²) >= 11 is 0. The standard InChI is InChI=1S/C17H19N5O3S/c1-12-16-8-15(10-19-17(16)21(2)20-12)26(23,24)22-7-5-14(11-22)25-13-4-3-6-18-9-13/h3-4,6,8-10,14H,5,7,11H2,1-2H3/t14-/m1/s1. The lowest BCUT2D eigenvalue weighted by molar-refractivity contribution is 0.214. The van der Waals surface area contributed by atoms with Crippen LogP contribution in [0.25, 0.3) is 11.0 Å². The summed E-state index contributed by atoms with van der Waals surface area (Å²) in [5.74, 6) is 0.644. The van der Waals surface area contributed by atoms with Crippen LogP contribution >= 0.6 is 0 Å². The minimum Gasteiger partial charge on any atom is -0.487 e. The normalized spacial score (nSPS) is 18.5. The molecule has 8 nitrogen and oxygen atoms in total. The van der Waals surface area contributed by atoms with E-state index in [4.69, 9.17) is 4.74 Å². The van der Waals surface area contributed by atoms with E-state index in [-0.39, 0.29) is 11.0 Å². The fourth-order valence-corrected chi connectivity index (χ4v) is 4.66. The molecule has 4 heterocycles. The number of nitrogens with zero attached hydrogens (tertiary/aromatic N) is 5. The molecule has 3 aromatic rings. The average Bonchev–Trinajstić information content (AvgIpc) is 3.21. The van der Waals surface area contributed by atoms with Gasteiger partial charge in [-0.1, -0.05) is 0 Å². The Kier molecular flexibility index (Phi) is 4.12. The Labute approximate surface area is 151 Å². The zero-order valence-corrected chi connectivity index (χ0v) is 15.3. The zero-order valence-electron chi connectivity index (χ0n) is 14.5. The van der Waals surface area contributed by atoms with Crippen molar-refractivity contribution in [3.8, 4) is 5.75 Å². The van der Waals surface area contributed by atoms with Crippen LogP contribution in [0.5, 0.6) is 5.75 Å². The van der Waals surface area contributed by atoms with Gasteiger partial charge in [0.2, 0.25) is 10.0 Å². The first kappa shape index (κ1) is 16.9. The summed E-state index contributed by atoms with van der Waals surface area (Å²) in [4.78, 5) is 8.47. The lowest BCUT2D eigenvalue weighted by atomic mass is 10.3. The van der Waals surface area contributed by atoms with E-state index in [9.17, 15) is 8.42 Å². The Hall–Kier alpha value is -2.52. The number of hydrogen-bond donors (Lipinski definition) is 0. The summed E-state index contributed by atoms with van der Waals surface area (Å²) in [7, 11) is -1.84. The molecule has 0 N–H and O–H groups in total. The molecular weight excluding hydrogens is 354 g/mol. The molecule has 0 unspecified atom stereocenters. The monoisotopic (exact) mass is 373 g/mol. The first-order valence-electron chi connectivity index (χ1n) is 8.31. The average molecular weight is 373 g/mol. The molecule has 1 aliphatic heterocycles. The van der Waals surface area contributed by atoms with Crippen molar-refractivity contribution in [2.24, 2.45) is 7.05 Å². The minimum absolute atomic E-state index is 0.183. The third-order valence-electron chi connectivity index (χ3n) is 4.52. The van der Waals surface area contributed by atoms with Crippen molar-refractivity contribution in [3.63, 3.8) is 0 Å². The summed E-state index contributed by atoms with van der Waals surface area (Å²) in [5.41, 5.74) is 1.42. The van der Waals surface area contributed by atoms with Gasteiger partial charge in [-0.15, -0.1) is 0 Å². The molecule has 1 saturated heterocycles. The highest BCUT2D eigenvalue weighted by Crippen LogP contribution is 2.26. The number of sulfonamides is 1. The van der Waals surface area contributed by atoms with Crippen LogP contribution in [0, 0.1) is 6.92 Å². The molecule has 1 aliphatic rings. The maximum absolute atomic E-state index is 13.0. The zero-order chi connectivity index (χ0) is 18.3. The summed E-state index contributed by atoms with van der Waals surface area (Å²) in [6.45, 7) is 2.56. The van der Waals surface area contributed by atoms with Gasteiger partial charge in [-0.2, -0.15) is 9.40 Å². The third kappa shape index (κ3) is 2.93. The topological polar surface area (TPSA) is 90.2 Å². The van der Waals surface area contributed by atoms with E-state index >= 15 is 0 Å². The Morgan fingerprint density at radius 3 is 2.92 bits per heavy atom. The molecule has 0 aromatic carbocycles. The van der Waals surface area contributed by atoms with Crippen molar-refractivity contribution in [1.82, 2.24) is 24.1 Å². The van der Waals surface area contributed by atoms with Gasteiger partial charge in [-0.25, -0.2) is 13.4 Å². The molecule has 9 heteroatoms. The number of ether oxygens (including phenoxy) is 1. The molecular formula is C17H19N5O3S. The van der Waals surface area contributed by atoms with Gasteiger partial charge in [-0.3, -0.25) is 9.67 Å². The predicted molar refractivity (Wildman–Crippen MR) is 95.3 cm³/mol. The van der Waals surface area contributed by atoms with E-state index in [2.05, 4.69) is 15.1 Å². The van der Waals surface area contributed by atoms with Gasteiger partial charge < -0.3 is 4.74 Å². The first-order valence-corrected chi connectivity index (χ1v) is 9.75. The van der Waals surface area contributed by atoms with E-state index in [0.717, 1.165) is 11.1 Å². The maximum Gasteiger partial charge on any atom is 0.244 e. The van der Waals surface area contributed by atoms with E-state index < -0.39 is 10.0 Å². The third-order valence-corrected chi connectivity index (χ3v) is 6.35. The van der Waals surface area contributed by atoms with E-state index in [1.54, 1.807) is 36.3 Å². The van der Waals surface area contributed by atoms with Gasteiger partial charge >= 0.3 is 0 Å². The molecule has 1 fully saturated rings.